The third-order valence-corrected chi connectivity index (χ3v) is 17.5. The van der Waals surface area contributed by atoms with Gasteiger partial charge in [-0.15, -0.1) is 0 Å². The van der Waals surface area contributed by atoms with Gasteiger partial charge in [0.1, 0.15) is 31.6 Å². The molecule has 0 spiro atoms. The summed E-state index contributed by atoms with van der Waals surface area (Å²) in [4.78, 5) is 35.5. The van der Waals surface area contributed by atoms with Crippen molar-refractivity contribution < 1.29 is 35.1 Å². The number of benzene rings is 2. The Hall–Kier alpha value is -4.60. The Labute approximate surface area is 468 Å². The standard InChI is InChI=1S/C43H70N8O2S2.2C7H8O3S/c1-35-32-38-44-26-20-14-15-21-27-45-39-33-36(2)49(5)42(47-39)55-31-25-19-13-9-7-11-17-23-29-51-40(52)34-37(3)50(43(51)53)28-22-16-10-6-8-12-18-24-30-54-41(46-38)48(35)4;2*1-6-2-4-7(5-3-6)11(8,9)10/h32-34H,6-31H2,1-5H3;2*2-5H,1H3,(H,8,9,10). The molecule has 3 aromatic heterocycles. The average molecular weight is 1140 g/mol. The molecule has 6 bridgehead atoms. The van der Waals surface area contributed by atoms with Gasteiger partial charge in [-0.3, -0.25) is 13.9 Å². The normalized spacial score (nSPS) is 16.2. The quantitative estimate of drug-likeness (QED) is 0.0956. The lowest BCUT2D eigenvalue weighted by atomic mass is 10.1. The van der Waals surface area contributed by atoms with Crippen molar-refractivity contribution in [1.29, 1.82) is 0 Å². The van der Waals surface area contributed by atoms with Crippen LogP contribution in [0.15, 0.2) is 96.4 Å². The Morgan fingerprint density at radius 2 is 0.818 bits per heavy atom. The van der Waals surface area contributed by atoms with Gasteiger partial charge in [0.15, 0.2) is 0 Å². The summed E-state index contributed by atoms with van der Waals surface area (Å²) in [6, 6.07) is 17.5. The van der Waals surface area contributed by atoms with Crippen LogP contribution >= 0.6 is 23.5 Å². The maximum absolute atomic E-state index is 13.3. The molecule has 426 valence electrons. The molecule has 0 saturated heterocycles. The monoisotopic (exact) mass is 1140 g/mol. The SMILES string of the molecule is Cc1cc(=O)n2c(=O)n1CCCCCCCCCCSc1nc(cc(C)[n+]1C)NCCCCCCNc1cc(C)[n+](C)c(n1)SCCCCCCCCCC2.Cc1ccc(S(=O)(=O)[O-])cc1.Cc1ccc(S(=O)(=O)[O-])cc1. The average Bonchev–Trinajstić information content (AvgIpc) is 3.37. The van der Waals surface area contributed by atoms with E-state index in [2.05, 4.69) is 59.8 Å². The molecular formula is C57H86N8O8S4. The minimum Gasteiger partial charge on any atom is -0.744 e. The summed E-state index contributed by atoms with van der Waals surface area (Å²) in [6.45, 7) is 13.0. The van der Waals surface area contributed by atoms with Gasteiger partial charge in [-0.2, -0.15) is 0 Å². The lowest BCUT2D eigenvalue weighted by molar-refractivity contribution is -0.718. The number of hydrogen-bond donors (Lipinski definition) is 2. The highest BCUT2D eigenvalue weighted by Crippen LogP contribution is 2.21. The lowest BCUT2D eigenvalue weighted by Crippen LogP contribution is -2.40. The number of thioether (sulfide) groups is 2. The fourth-order valence-corrected chi connectivity index (χ4v) is 11.6. The van der Waals surface area contributed by atoms with Crippen molar-refractivity contribution in [3.63, 3.8) is 0 Å². The van der Waals surface area contributed by atoms with Gasteiger partial charge in [-0.05, 0) is 131 Å². The van der Waals surface area contributed by atoms with Crippen LogP contribution < -0.4 is 31.0 Å². The fraction of sp³-hybridized carbons (Fsp3) is 0.579. The van der Waals surface area contributed by atoms with Crippen LogP contribution in [-0.2, 0) is 47.4 Å². The van der Waals surface area contributed by atoms with Crippen molar-refractivity contribution in [3.8, 4) is 0 Å². The number of anilines is 2. The number of aromatic nitrogens is 6. The van der Waals surface area contributed by atoms with E-state index in [1.54, 1.807) is 30.3 Å². The first-order valence-electron chi connectivity index (χ1n) is 27.6. The summed E-state index contributed by atoms with van der Waals surface area (Å²) in [5.41, 5.74) is 4.80. The lowest BCUT2D eigenvalue weighted by Gasteiger charge is -2.13. The molecule has 1 aliphatic rings. The summed E-state index contributed by atoms with van der Waals surface area (Å²) >= 11 is 3.73. The van der Waals surface area contributed by atoms with E-state index in [0.717, 1.165) is 108 Å². The van der Waals surface area contributed by atoms with E-state index in [0.29, 0.717) is 13.1 Å². The van der Waals surface area contributed by atoms with Crippen molar-refractivity contribution in [2.75, 3.05) is 35.2 Å². The Morgan fingerprint density at radius 3 is 1.19 bits per heavy atom. The van der Waals surface area contributed by atoms with Gasteiger partial charge in [0.05, 0.1) is 23.9 Å². The third-order valence-electron chi connectivity index (χ3n) is 13.6. The Balaban J connectivity index is 0.000000475. The zero-order valence-electron chi connectivity index (χ0n) is 46.8. The highest BCUT2D eigenvalue weighted by Gasteiger charge is 2.18. The Morgan fingerprint density at radius 1 is 0.481 bits per heavy atom. The molecule has 0 atom stereocenters. The first-order chi connectivity index (χ1) is 36.7. The molecular weight excluding hydrogens is 1050 g/mol. The highest BCUT2D eigenvalue weighted by molar-refractivity contribution is 7.99. The van der Waals surface area contributed by atoms with E-state index < -0.39 is 20.2 Å². The molecule has 20 heteroatoms. The predicted octanol–water partition coefficient (Wildman–Crippen LogP) is 10.4. The van der Waals surface area contributed by atoms with Gasteiger partial charge in [-0.1, -0.05) is 125 Å². The first-order valence-corrected chi connectivity index (χ1v) is 32.4. The molecule has 2 N–H and O–H groups in total. The van der Waals surface area contributed by atoms with Gasteiger partial charge in [-0.25, -0.2) is 30.8 Å². The fourth-order valence-electron chi connectivity index (χ4n) is 8.59. The van der Waals surface area contributed by atoms with Crippen LogP contribution in [0.1, 0.15) is 157 Å². The molecule has 0 unspecified atom stereocenters. The van der Waals surface area contributed by atoms with E-state index in [4.69, 9.17) is 9.97 Å². The van der Waals surface area contributed by atoms with Crippen LogP contribution in [0, 0.1) is 34.6 Å². The minimum atomic E-state index is -4.27. The molecule has 4 heterocycles. The molecule has 1 aliphatic heterocycles. The molecule has 5 aromatic rings. The number of nitrogens with zero attached hydrogens (tertiary/aromatic N) is 6. The number of rotatable bonds is 2. The van der Waals surface area contributed by atoms with Crippen LogP contribution in [-0.4, -0.2) is 69.6 Å². The summed E-state index contributed by atoms with van der Waals surface area (Å²) in [5, 5.41) is 9.34. The van der Waals surface area contributed by atoms with Gasteiger partial charge in [0, 0.05) is 61.6 Å². The highest BCUT2D eigenvalue weighted by atomic mass is 32.2. The van der Waals surface area contributed by atoms with Crippen LogP contribution in [0.25, 0.3) is 0 Å². The van der Waals surface area contributed by atoms with E-state index in [-0.39, 0.29) is 21.0 Å². The second-order valence-corrected chi connectivity index (χ2v) is 25.0. The number of aryl methyl sites for hydroxylation is 5. The van der Waals surface area contributed by atoms with Crippen LogP contribution in [0.4, 0.5) is 11.6 Å². The minimum absolute atomic E-state index is 0.130. The zero-order valence-corrected chi connectivity index (χ0v) is 50.1. The maximum atomic E-state index is 13.3. The Bertz CT molecular complexity index is 2840. The first kappa shape index (κ1) is 64.9. The molecule has 16 nitrogen and oxygen atoms in total. The molecule has 6 rings (SSSR count). The molecule has 0 radical (unpaired) electrons. The van der Waals surface area contributed by atoms with E-state index >= 15 is 0 Å². The topological polar surface area (TPSA) is 216 Å². The predicted molar refractivity (Wildman–Crippen MR) is 309 cm³/mol. The smallest absolute Gasteiger partial charge is 0.361 e. The molecule has 0 amide bonds. The third kappa shape index (κ3) is 24.5. The molecule has 77 heavy (non-hydrogen) atoms. The summed E-state index contributed by atoms with van der Waals surface area (Å²) < 4.78 is 70.0. The molecule has 0 saturated carbocycles. The van der Waals surface area contributed by atoms with Crippen molar-refractivity contribution in [3.05, 3.63) is 116 Å². The molecule has 2 aromatic carbocycles. The molecule has 0 fully saturated rings. The van der Waals surface area contributed by atoms with E-state index in [1.807, 2.05) is 48.9 Å². The summed E-state index contributed by atoms with van der Waals surface area (Å²) in [6.07, 6.45) is 23.4. The van der Waals surface area contributed by atoms with Gasteiger partial charge in [0.25, 0.3) is 5.56 Å². The maximum Gasteiger partial charge on any atom is 0.361 e. The largest absolute Gasteiger partial charge is 0.744 e. The second kappa shape index (κ2) is 34.4. The van der Waals surface area contributed by atoms with Crippen molar-refractivity contribution >= 4 is 55.4 Å². The number of fused-ring (bicyclic) bond motifs is 6. The zero-order chi connectivity index (χ0) is 56.2. The van der Waals surface area contributed by atoms with Crippen LogP contribution in [0.5, 0.6) is 0 Å². The van der Waals surface area contributed by atoms with Gasteiger partial charge in [0.2, 0.25) is 11.6 Å². The van der Waals surface area contributed by atoms with Crippen LogP contribution in [0.2, 0.25) is 0 Å². The summed E-state index contributed by atoms with van der Waals surface area (Å²) in [5.74, 6) is 4.13. The van der Waals surface area contributed by atoms with E-state index in [1.165, 1.54) is 124 Å². The van der Waals surface area contributed by atoms with Gasteiger partial charge >= 0.3 is 16.0 Å². The van der Waals surface area contributed by atoms with E-state index in [9.17, 15) is 35.5 Å². The summed E-state index contributed by atoms with van der Waals surface area (Å²) in [7, 11) is -4.31. The van der Waals surface area contributed by atoms with Crippen molar-refractivity contribution in [1.82, 2.24) is 19.1 Å². The van der Waals surface area contributed by atoms with Crippen molar-refractivity contribution in [2.45, 2.75) is 196 Å². The van der Waals surface area contributed by atoms with Crippen molar-refractivity contribution in [2.24, 2.45) is 14.1 Å². The molecule has 0 aliphatic carbocycles. The number of hydrogen-bond acceptors (Lipinski definition) is 14. The second-order valence-electron chi connectivity index (χ2n) is 20.1. The number of nitrogens with one attached hydrogen (secondary N) is 2. The van der Waals surface area contributed by atoms with Gasteiger partial charge < -0.3 is 19.7 Å². The van der Waals surface area contributed by atoms with Crippen LogP contribution in [0.3, 0.4) is 0 Å². The Kier molecular flexibility index (Phi) is 29.0.